The Kier molecular flexibility index (Phi) is 5.01. The summed E-state index contributed by atoms with van der Waals surface area (Å²) in [6, 6.07) is 9.91. The van der Waals surface area contributed by atoms with Crippen LogP contribution in [0.25, 0.3) is 0 Å². The number of hydrogen-bond donors (Lipinski definition) is 2. The maximum Gasteiger partial charge on any atom is 0.293 e. The van der Waals surface area contributed by atoms with Crippen LogP contribution in [0.2, 0.25) is 10.0 Å². The van der Waals surface area contributed by atoms with Crippen LogP contribution in [0.1, 0.15) is 11.1 Å². The van der Waals surface area contributed by atoms with Crippen LogP contribution < -0.4 is 5.32 Å². The van der Waals surface area contributed by atoms with Gasteiger partial charge in [-0.3, -0.25) is 10.1 Å². The number of nitrogens with zero attached hydrogens (tertiary/aromatic N) is 1. The molecule has 0 bridgehead atoms. The van der Waals surface area contributed by atoms with Gasteiger partial charge in [0.1, 0.15) is 5.69 Å². The highest BCUT2D eigenvalue weighted by Gasteiger charge is 2.16. The predicted octanol–water partition coefficient (Wildman–Crippen LogP) is 4.01. The topological polar surface area (TPSA) is 75.4 Å². The summed E-state index contributed by atoms with van der Waals surface area (Å²) in [7, 11) is 0. The zero-order valence-electron chi connectivity index (χ0n) is 10.8. The number of benzene rings is 2. The maximum atomic E-state index is 11.0. The van der Waals surface area contributed by atoms with E-state index >= 15 is 0 Å². The molecule has 2 aromatic carbocycles. The van der Waals surface area contributed by atoms with Crippen molar-refractivity contribution in [2.24, 2.45) is 0 Å². The predicted molar refractivity (Wildman–Crippen MR) is 82.8 cm³/mol. The Morgan fingerprint density at radius 3 is 2.24 bits per heavy atom. The van der Waals surface area contributed by atoms with Gasteiger partial charge in [0, 0.05) is 12.6 Å². The summed E-state index contributed by atoms with van der Waals surface area (Å²) in [5.41, 5.74) is 1.91. The van der Waals surface area contributed by atoms with Crippen molar-refractivity contribution in [1.82, 2.24) is 0 Å². The lowest BCUT2D eigenvalue weighted by atomic mass is 10.1. The van der Waals surface area contributed by atoms with Crippen LogP contribution in [0.5, 0.6) is 0 Å². The minimum Gasteiger partial charge on any atom is -0.392 e. The van der Waals surface area contributed by atoms with Crippen LogP contribution >= 0.6 is 23.2 Å². The van der Waals surface area contributed by atoms with E-state index in [0.29, 0.717) is 12.2 Å². The first-order valence-electron chi connectivity index (χ1n) is 6.07. The Bertz CT molecular complexity index is 660. The molecule has 0 fully saturated rings. The molecule has 0 atom stereocenters. The average Bonchev–Trinajstić information content (AvgIpc) is 2.48. The second-order valence-corrected chi connectivity index (χ2v) is 5.18. The molecule has 21 heavy (non-hydrogen) atoms. The molecule has 0 aliphatic carbocycles. The Morgan fingerprint density at radius 2 is 1.67 bits per heavy atom. The van der Waals surface area contributed by atoms with Gasteiger partial charge in [-0.25, -0.2) is 0 Å². The van der Waals surface area contributed by atoms with Gasteiger partial charge in [0.15, 0.2) is 0 Å². The van der Waals surface area contributed by atoms with Crippen molar-refractivity contribution >= 4 is 34.6 Å². The third kappa shape index (κ3) is 3.85. The van der Waals surface area contributed by atoms with Crippen LogP contribution in [0.3, 0.4) is 0 Å². The van der Waals surface area contributed by atoms with Crippen molar-refractivity contribution in [1.29, 1.82) is 0 Å². The second-order valence-electron chi connectivity index (χ2n) is 4.37. The van der Waals surface area contributed by atoms with Gasteiger partial charge in [0.25, 0.3) is 5.69 Å². The number of nitro groups is 1. The van der Waals surface area contributed by atoms with Crippen molar-refractivity contribution in [3.05, 3.63) is 67.7 Å². The molecule has 5 nitrogen and oxygen atoms in total. The van der Waals surface area contributed by atoms with Gasteiger partial charge in [-0.1, -0.05) is 47.5 Å². The molecule has 0 heterocycles. The molecule has 0 saturated carbocycles. The minimum absolute atomic E-state index is 0.0219. The van der Waals surface area contributed by atoms with Gasteiger partial charge >= 0.3 is 0 Å². The minimum atomic E-state index is -0.514. The molecule has 2 N–H and O–H groups in total. The summed E-state index contributed by atoms with van der Waals surface area (Å²) >= 11 is 11.7. The van der Waals surface area contributed by atoms with Crippen molar-refractivity contribution < 1.29 is 10.0 Å². The summed E-state index contributed by atoms with van der Waals surface area (Å²) in [6.07, 6.45) is 0. The summed E-state index contributed by atoms with van der Waals surface area (Å²) in [5, 5.41) is 23.3. The quantitative estimate of drug-likeness (QED) is 0.643. The van der Waals surface area contributed by atoms with Gasteiger partial charge < -0.3 is 10.4 Å². The van der Waals surface area contributed by atoms with Crippen LogP contribution in [0.15, 0.2) is 36.4 Å². The molecule has 0 saturated heterocycles. The lowest BCUT2D eigenvalue weighted by molar-refractivity contribution is -0.383. The van der Waals surface area contributed by atoms with Crippen molar-refractivity contribution in [2.45, 2.75) is 13.2 Å². The number of anilines is 1. The molecule has 0 aliphatic rings. The molecule has 0 radical (unpaired) electrons. The van der Waals surface area contributed by atoms with Crippen molar-refractivity contribution in [3.8, 4) is 0 Å². The molecule has 2 aromatic rings. The van der Waals surface area contributed by atoms with E-state index in [4.69, 9.17) is 28.3 Å². The fourth-order valence-corrected chi connectivity index (χ4v) is 2.11. The Balaban J connectivity index is 2.18. The summed E-state index contributed by atoms with van der Waals surface area (Å²) in [5.74, 6) is 0. The largest absolute Gasteiger partial charge is 0.392 e. The van der Waals surface area contributed by atoms with E-state index in [-0.39, 0.29) is 22.3 Å². The molecular formula is C14H12Cl2N2O3. The first-order chi connectivity index (χ1) is 10.0. The van der Waals surface area contributed by atoms with E-state index in [9.17, 15) is 10.1 Å². The summed E-state index contributed by atoms with van der Waals surface area (Å²) in [4.78, 5) is 10.5. The normalized spacial score (nSPS) is 10.4. The highest BCUT2D eigenvalue weighted by atomic mass is 35.5. The molecule has 0 unspecified atom stereocenters. The molecular weight excluding hydrogens is 315 g/mol. The molecule has 0 aromatic heterocycles. The van der Waals surface area contributed by atoms with Crippen LogP contribution in [0.4, 0.5) is 11.4 Å². The van der Waals surface area contributed by atoms with Crippen LogP contribution in [0, 0.1) is 10.1 Å². The van der Waals surface area contributed by atoms with Crippen molar-refractivity contribution in [2.75, 3.05) is 5.32 Å². The molecule has 110 valence electrons. The van der Waals surface area contributed by atoms with Crippen LogP contribution in [-0.4, -0.2) is 10.0 Å². The SMILES string of the molecule is O=[N+]([O-])c1cc(Cl)c(Cl)cc1NCc1ccc(CO)cc1. The number of aliphatic hydroxyl groups excluding tert-OH is 1. The van der Waals surface area contributed by atoms with Gasteiger partial charge in [0.2, 0.25) is 0 Å². The standard InChI is InChI=1S/C14H12Cl2N2O3/c15-11-5-13(14(18(20)21)6-12(11)16)17-7-9-1-3-10(8-19)4-2-9/h1-6,17,19H,7-8H2. The molecule has 0 amide bonds. The molecule has 0 aliphatic heterocycles. The smallest absolute Gasteiger partial charge is 0.293 e. The van der Waals surface area contributed by atoms with E-state index in [1.54, 1.807) is 12.1 Å². The third-order valence-electron chi connectivity index (χ3n) is 2.92. The number of halogens is 2. The Hall–Kier alpha value is -1.82. The third-order valence-corrected chi connectivity index (χ3v) is 3.65. The lowest BCUT2D eigenvalue weighted by Gasteiger charge is -2.09. The van der Waals surface area contributed by atoms with Gasteiger partial charge in [-0.05, 0) is 17.2 Å². The number of nitrogens with one attached hydrogen (secondary N) is 1. The van der Waals surface area contributed by atoms with E-state index in [1.807, 2.05) is 12.1 Å². The zero-order chi connectivity index (χ0) is 15.4. The molecule has 7 heteroatoms. The van der Waals surface area contributed by atoms with Gasteiger partial charge in [0.05, 0.1) is 21.6 Å². The van der Waals surface area contributed by atoms with E-state index < -0.39 is 4.92 Å². The van der Waals surface area contributed by atoms with Gasteiger partial charge in [-0.2, -0.15) is 0 Å². The summed E-state index contributed by atoms with van der Waals surface area (Å²) in [6.45, 7) is 0.372. The Labute approximate surface area is 131 Å². The number of nitro benzene ring substituents is 1. The van der Waals surface area contributed by atoms with Crippen molar-refractivity contribution in [3.63, 3.8) is 0 Å². The average molecular weight is 327 g/mol. The van der Waals surface area contributed by atoms with E-state index in [0.717, 1.165) is 11.1 Å². The molecule has 0 spiro atoms. The van der Waals surface area contributed by atoms with E-state index in [2.05, 4.69) is 5.32 Å². The lowest BCUT2D eigenvalue weighted by Crippen LogP contribution is -2.03. The fraction of sp³-hybridized carbons (Fsp3) is 0.143. The van der Waals surface area contributed by atoms with E-state index in [1.165, 1.54) is 12.1 Å². The Morgan fingerprint density at radius 1 is 1.10 bits per heavy atom. The number of hydrogen-bond acceptors (Lipinski definition) is 4. The van der Waals surface area contributed by atoms with Gasteiger partial charge in [-0.15, -0.1) is 0 Å². The summed E-state index contributed by atoms with van der Waals surface area (Å²) < 4.78 is 0. The zero-order valence-corrected chi connectivity index (χ0v) is 12.4. The van der Waals surface area contributed by atoms with Crippen LogP contribution in [-0.2, 0) is 13.2 Å². The maximum absolute atomic E-state index is 11.0. The highest BCUT2D eigenvalue weighted by Crippen LogP contribution is 2.34. The monoisotopic (exact) mass is 326 g/mol. The fourth-order valence-electron chi connectivity index (χ4n) is 1.79. The first kappa shape index (κ1) is 15.6. The number of rotatable bonds is 5. The second kappa shape index (κ2) is 6.76. The number of aliphatic hydroxyl groups is 1. The molecule has 2 rings (SSSR count). The first-order valence-corrected chi connectivity index (χ1v) is 6.83. The highest BCUT2D eigenvalue weighted by molar-refractivity contribution is 6.42.